The Morgan fingerprint density at radius 3 is 2.44 bits per heavy atom. The predicted molar refractivity (Wildman–Crippen MR) is 117 cm³/mol. The lowest BCUT2D eigenvalue weighted by atomic mass is 10.0. The molecule has 5 nitrogen and oxygen atoms in total. The Morgan fingerprint density at radius 2 is 1.79 bits per heavy atom. The highest BCUT2D eigenvalue weighted by Crippen LogP contribution is 2.30. The van der Waals surface area contributed by atoms with E-state index in [1.165, 1.54) is 18.2 Å². The van der Waals surface area contributed by atoms with Crippen LogP contribution in [0.15, 0.2) is 54.6 Å². The van der Waals surface area contributed by atoms with E-state index in [0.717, 1.165) is 23.4 Å². The van der Waals surface area contributed by atoms with Crippen LogP contribution in [0, 0.1) is 5.82 Å². The number of halogens is 4. The molecule has 4 rings (SSSR count). The number of nitrogens with zero attached hydrogens (tertiary/aromatic N) is 2. The van der Waals surface area contributed by atoms with Gasteiger partial charge in [0.15, 0.2) is 0 Å². The standard InChI is InChI=1S/C25H22F4N2O3/c26-21-13-18-14-31(12-10-23(32)33)11-9-22(18)30-24(21)17-3-7-20(8-4-17)34-15-16-1-5-19(6-2-16)25(27,28)29/h1-8,13H,9-12,14-15H2,(H,32,33). The molecule has 34 heavy (non-hydrogen) atoms. The van der Waals surface area contributed by atoms with Crippen LogP contribution in [-0.4, -0.2) is 34.0 Å². The Bertz CT molecular complexity index is 1160. The highest BCUT2D eigenvalue weighted by molar-refractivity contribution is 5.67. The number of carboxylic acids is 1. The second-order valence-corrected chi connectivity index (χ2v) is 8.10. The molecule has 0 saturated heterocycles. The summed E-state index contributed by atoms with van der Waals surface area (Å²) in [5.74, 6) is -0.828. The molecule has 1 aromatic heterocycles. The Labute approximate surface area is 193 Å². The maximum atomic E-state index is 14.8. The van der Waals surface area contributed by atoms with Crippen molar-refractivity contribution in [3.05, 3.63) is 82.8 Å². The van der Waals surface area contributed by atoms with Crippen molar-refractivity contribution in [3.8, 4) is 17.0 Å². The summed E-state index contributed by atoms with van der Waals surface area (Å²) in [6, 6.07) is 12.9. The number of fused-ring (bicyclic) bond motifs is 1. The molecule has 2 heterocycles. The SMILES string of the molecule is O=C(O)CCN1CCc2nc(-c3ccc(OCc4ccc(C(F)(F)F)cc4)cc3)c(F)cc2C1. The van der Waals surface area contributed by atoms with Crippen molar-refractivity contribution in [2.75, 3.05) is 13.1 Å². The Hall–Kier alpha value is -3.46. The van der Waals surface area contributed by atoms with Crippen LogP contribution in [0.3, 0.4) is 0 Å². The number of pyridine rings is 1. The van der Waals surface area contributed by atoms with Crippen molar-refractivity contribution in [2.45, 2.75) is 32.2 Å². The van der Waals surface area contributed by atoms with Crippen molar-refractivity contribution in [1.29, 1.82) is 0 Å². The first-order valence-corrected chi connectivity index (χ1v) is 10.7. The summed E-state index contributed by atoms with van der Waals surface area (Å²) in [5.41, 5.74) is 2.24. The van der Waals surface area contributed by atoms with Crippen molar-refractivity contribution >= 4 is 5.97 Å². The Balaban J connectivity index is 1.40. The van der Waals surface area contributed by atoms with Crippen molar-refractivity contribution in [2.24, 2.45) is 0 Å². The lowest BCUT2D eigenvalue weighted by molar-refractivity contribution is -0.138. The van der Waals surface area contributed by atoms with Crippen LogP contribution in [-0.2, 0) is 30.5 Å². The van der Waals surface area contributed by atoms with Gasteiger partial charge in [0.1, 0.15) is 23.9 Å². The van der Waals surface area contributed by atoms with Crippen LogP contribution in [0.5, 0.6) is 5.75 Å². The number of benzene rings is 2. The molecule has 1 aliphatic rings. The van der Waals surface area contributed by atoms with Gasteiger partial charge in [-0.1, -0.05) is 12.1 Å². The van der Waals surface area contributed by atoms with E-state index in [4.69, 9.17) is 9.84 Å². The van der Waals surface area contributed by atoms with Gasteiger partial charge in [-0.15, -0.1) is 0 Å². The molecule has 178 valence electrons. The average molecular weight is 474 g/mol. The summed E-state index contributed by atoms with van der Waals surface area (Å²) < 4.78 is 58.4. The second-order valence-electron chi connectivity index (χ2n) is 8.10. The number of rotatable bonds is 7. The van der Waals surface area contributed by atoms with E-state index in [0.29, 0.717) is 42.9 Å². The molecule has 1 N–H and O–H groups in total. The fourth-order valence-electron chi connectivity index (χ4n) is 3.81. The van der Waals surface area contributed by atoms with Crippen molar-refractivity contribution in [1.82, 2.24) is 9.88 Å². The van der Waals surface area contributed by atoms with Gasteiger partial charge in [0.25, 0.3) is 0 Å². The highest BCUT2D eigenvalue weighted by atomic mass is 19.4. The number of ether oxygens (including phenoxy) is 1. The first kappa shape index (κ1) is 23.7. The van der Waals surface area contributed by atoms with Crippen LogP contribution < -0.4 is 4.74 Å². The Morgan fingerprint density at radius 1 is 1.09 bits per heavy atom. The summed E-state index contributed by atoms with van der Waals surface area (Å²) in [5, 5.41) is 8.85. The molecule has 9 heteroatoms. The summed E-state index contributed by atoms with van der Waals surface area (Å²) >= 11 is 0. The van der Waals surface area contributed by atoms with E-state index in [9.17, 15) is 22.4 Å². The topological polar surface area (TPSA) is 62.7 Å². The molecule has 0 unspecified atom stereocenters. The highest BCUT2D eigenvalue weighted by Gasteiger charge is 2.30. The zero-order valence-corrected chi connectivity index (χ0v) is 18.1. The number of carboxylic acid groups (broad SMARTS) is 1. The molecule has 0 fully saturated rings. The van der Waals surface area contributed by atoms with Crippen LogP contribution in [0.4, 0.5) is 17.6 Å². The zero-order valence-electron chi connectivity index (χ0n) is 18.1. The minimum absolute atomic E-state index is 0.0383. The Kier molecular flexibility index (Phi) is 6.83. The van der Waals surface area contributed by atoms with Crippen LogP contribution in [0.2, 0.25) is 0 Å². The van der Waals surface area contributed by atoms with E-state index in [-0.39, 0.29) is 18.7 Å². The zero-order chi connectivity index (χ0) is 24.3. The molecule has 0 bridgehead atoms. The molecule has 0 amide bonds. The number of aromatic nitrogens is 1. The van der Waals surface area contributed by atoms with E-state index < -0.39 is 23.5 Å². The lowest BCUT2D eigenvalue weighted by Gasteiger charge is -2.28. The maximum absolute atomic E-state index is 14.8. The van der Waals surface area contributed by atoms with E-state index in [1.54, 1.807) is 24.3 Å². The molecular weight excluding hydrogens is 452 g/mol. The summed E-state index contributed by atoms with van der Waals surface area (Å²) in [4.78, 5) is 17.3. The fraction of sp³-hybridized carbons (Fsp3) is 0.280. The van der Waals surface area contributed by atoms with Gasteiger partial charge in [0, 0.05) is 37.3 Å². The molecule has 0 saturated carbocycles. The molecular formula is C25H22F4N2O3. The minimum Gasteiger partial charge on any atom is -0.489 e. The molecule has 0 radical (unpaired) electrons. The molecule has 0 spiro atoms. The third kappa shape index (κ3) is 5.72. The van der Waals surface area contributed by atoms with E-state index in [1.807, 2.05) is 4.90 Å². The predicted octanol–water partition coefficient (Wildman–Crippen LogP) is 5.32. The first-order chi connectivity index (χ1) is 16.2. The van der Waals surface area contributed by atoms with Gasteiger partial charge in [-0.3, -0.25) is 9.69 Å². The average Bonchev–Trinajstić information content (AvgIpc) is 2.81. The molecule has 1 aliphatic heterocycles. The number of carbonyl (C=O) groups is 1. The van der Waals surface area contributed by atoms with Gasteiger partial charge in [-0.25, -0.2) is 9.37 Å². The molecule has 0 atom stereocenters. The van der Waals surface area contributed by atoms with Gasteiger partial charge < -0.3 is 9.84 Å². The lowest BCUT2D eigenvalue weighted by Crippen LogP contribution is -2.33. The number of hydrogen-bond donors (Lipinski definition) is 1. The normalized spacial score (nSPS) is 14.0. The van der Waals surface area contributed by atoms with Gasteiger partial charge in [-0.2, -0.15) is 13.2 Å². The molecule has 0 aliphatic carbocycles. The molecule has 3 aromatic rings. The summed E-state index contributed by atoms with van der Waals surface area (Å²) in [6.45, 7) is 1.63. The van der Waals surface area contributed by atoms with Gasteiger partial charge >= 0.3 is 12.1 Å². The fourth-order valence-corrected chi connectivity index (χ4v) is 3.81. The summed E-state index contributed by atoms with van der Waals surface area (Å²) in [6.07, 6.45) is -3.73. The smallest absolute Gasteiger partial charge is 0.416 e. The summed E-state index contributed by atoms with van der Waals surface area (Å²) in [7, 11) is 0. The van der Waals surface area contributed by atoms with Crippen molar-refractivity contribution in [3.63, 3.8) is 0 Å². The van der Waals surface area contributed by atoms with Gasteiger partial charge in [0.2, 0.25) is 0 Å². The van der Waals surface area contributed by atoms with Crippen LogP contribution in [0.25, 0.3) is 11.3 Å². The van der Waals surface area contributed by atoms with E-state index in [2.05, 4.69) is 4.98 Å². The van der Waals surface area contributed by atoms with Crippen molar-refractivity contribution < 1.29 is 32.2 Å². The minimum atomic E-state index is -4.38. The quantitative estimate of drug-likeness (QED) is 0.470. The monoisotopic (exact) mass is 474 g/mol. The maximum Gasteiger partial charge on any atom is 0.416 e. The van der Waals surface area contributed by atoms with Crippen LogP contribution in [0.1, 0.15) is 28.8 Å². The largest absolute Gasteiger partial charge is 0.489 e. The van der Waals surface area contributed by atoms with Gasteiger partial charge in [-0.05, 0) is 53.6 Å². The second kappa shape index (κ2) is 9.80. The number of hydrogen-bond acceptors (Lipinski definition) is 4. The third-order valence-corrected chi connectivity index (χ3v) is 5.66. The first-order valence-electron chi connectivity index (χ1n) is 10.7. The molecule has 2 aromatic carbocycles. The third-order valence-electron chi connectivity index (χ3n) is 5.66. The van der Waals surface area contributed by atoms with Gasteiger partial charge in [0.05, 0.1) is 12.0 Å². The number of aliphatic carboxylic acids is 1. The van der Waals surface area contributed by atoms with E-state index >= 15 is 0 Å². The van der Waals surface area contributed by atoms with Crippen LogP contribution >= 0.6 is 0 Å². The number of alkyl halides is 3.